The Hall–Kier alpha value is -2.94. The van der Waals surface area contributed by atoms with Crippen molar-refractivity contribution < 1.29 is 32.6 Å². The van der Waals surface area contributed by atoms with E-state index in [-0.39, 0.29) is 33.9 Å². The molecule has 0 saturated heterocycles. The number of methoxy groups -OCH3 is 1. The topological polar surface area (TPSA) is 116 Å². The minimum Gasteiger partial charge on any atom is -0.468 e. The van der Waals surface area contributed by atoms with E-state index in [0.29, 0.717) is 13.0 Å². The first-order valence-corrected chi connectivity index (χ1v) is 19.3. The number of aromatic nitrogens is 3. The molecule has 244 valence electrons. The number of aliphatic imine (C=N–C) groups is 1. The molecule has 0 aromatic carbocycles. The second kappa shape index (κ2) is 13.0. The summed E-state index contributed by atoms with van der Waals surface area (Å²) < 4.78 is 46.3. The van der Waals surface area contributed by atoms with E-state index in [1.54, 1.807) is 27.7 Å². The second-order valence-corrected chi connectivity index (χ2v) is 20.7. The maximum atomic E-state index is 15.6. The van der Waals surface area contributed by atoms with Gasteiger partial charge in [-0.05, 0) is 57.9 Å². The second-order valence-electron chi connectivity index (χ2n) is 13.4. The van der Waals surface area contributed by atoms with Crippen LogP contribution in [0.5, 0.6) is 0 Å². The Balaban J connectivity index is 1.78. The number of carbonyl (C=O) groups excluding carboxylic acids is 2. The van der Waals surface area contributed by atoms with Crippen molar-refractivity contribution in [1.29, 1.82) is 0 Å². The molecule has 1 amide bonds. The lowest BCUT2D eigenvalue weighted by molar-refractivity contribution is -0.141. The van der Waals surface area contributed by atoms with Gasteiger partial charge in [-0.3, -0.25) is 9.79 Å². The molecule has 1 fully saturated rings. The fraction of sp³-hybridized carbons (Fsp3) is 0.533. The van der Waals surface area contributed by atoms with Crippen LogP contribution in [-0.2, 0) is 24.5 Å². The van der Waals surface area contributed by atoms with Crippen molar-refractivity contribution >= 4 is 60.6 Å². The number of hydrogen-bond acceptors (Lipinski definition) is 10. The van der Waals surface area contributed by atoms with Gasteiger partial charge in [0.1, 0.15) is 27.9 Å². The molecule has 3 heterocycles. The number of nitrogens with zero attached hydrogens (tertiary/aromatic N) is 5. The summed E-state index contributed by atoms with van der Waals surface area (Å²) in [6, 6.07) is 2.28. The fourth-order valence-electron chi connectivity index (χ4n) is 4.87. The summed E-state index contributed by atoms with van der Waals surface area (Å²) in [5.41, 5.74) is -2.07. The SMILES string of the molecule is COC(=O)[C@]12C[C@H]1[C@@](C)(c1cc(/C=C(\F)c3cnc(Cl)cn3)cnc1F)N=C(N(COCC[Si](C)(C)C)C(=O)OC(C)(C)C)S2. The molecule has 15 heteroatoms. The Morgan fingerprint density at radius 1 is 1.20 bits per heavy atom. The van der Waals surface area contributed by atoms with Gasteiger partial charge in [0.15, 0.2) is 11.0 Å². The summed E-state index contributed by atoms with van der Waals surface area (Å²) in [5.74, 6) is -2.63. The van der Waals surface area contributed by atoms with Gasteiger partial charge in [-0.2, -0.15) is 4.39 Å². The number of carbonyl (C=O) groups is 2. The van der Waals surface area contributed by atoms with Crippen molar-refractivity contribution in [3.8, 4) is 0 Å². The van der Waals surface area contributed by atoms with Crippen LogP contribution in [0.3, 0.4) is 0 Å². The number of esters is 1. The van der Waals surface area contributed by atoms with Crippen molar-refractivity contribution in [2.24, 2.45) is 10.9 Å². The molecule has 0 bridgehead atoms. The molecule has 4 rings (SSSR count). The van der Waals surface area contributed by atoms with E-state index in [4.69, 9.17) is 30.8 Å². The molecule has 1 aliphatic carbocycles. The molecular weight excluding hydrogens is 644 g/mol. The van der Waals surface area contributed by atoms with Gasteiger partial charge in [-0.15, -0.1) is 0 Å². The van der Waals surface area contributed by atoms with Crippen LogP contribution in [-0.4, -0.2) is 76.0 Å². The predicted molar refractivity (Wildman–Crippen MR) is 172 cm³/mol. The van der Waals surface area contributed by atoms with E-state index < -0.39 is 53.7 Å². The number of amidine groups is 1. The Morgan fingerprint density at radius 3 is 2.51 bits per heavy atom. The van der Waals surface area contributed by atoms with Gasteiger partial charge >= 0.3 is 12.1 Å². The summed E-state index contributed by atoms with van der Waals surface area (Å²) in [4.78, 5) is 44.5. The highest BCUT2D eigenvalue weighted by molar-refractivity contribution is 8.15. The molecule has 2 aliphatic rings. The minimum atomic E-state index is -1.43. The third-order valence-corrected chi connectivity index (χ3v) is 10.7. The zero-order valence-electron chi connectivity index (χ0n) is 26.6. The van der Waals surface area contributed by atoms with Crippen LogP contribution in [0.25, 0.3) is 11.9 Å². The Bertz CT molecular complexity index is 1520. The smallest absolute Gasteiger partial charge is 0.418 e. The third-order valence-electron chi connectivity index (χ3n) is 7.35. The monoisotopic (exact) mass is 681 g/mol. The number of amides is 1. The van der Waals surface area contributed by atoms with Gasteiger partial charge in [0.05, 0.1) is 25.0 Å². The summed E-state index contributed by atoms with van der Waals surface area (Å²) in [6.45, 7) is 13.7. The van der Waals surface area contributed by atoms with Gasteiger partial charge in [0, 0.05) is 32.4 Å². The Kier molecular flexibility index (Phi) is 10.1. The normalized spacial score (nSPS) is 23.1. The average Bonchev–Trinajstić information content (AvgIpc) is 3.69. The number of rotatable bonds is 9. The largest absolute Gasteiger partial charge is 0.468 e. The maximum absolute atomic E-state index is 15.6. The minimum absolute atomic E-state index is 0.0172. The molecule has 10 nitrogen and oxygen atoms in total. The van der Waals surface area contributed by atoms with E-state index in [1.165, 1.54) is 36.7 Å². The molecule has 0 spiro atoms. The summed E-state index contributed by atoms with van der Waals surface area (Å²) in [7, 11) is -0.160. The lowest BCUT2D eigenvalue weighted by atomic mass is 9.86. The highest BCUT2D eigenvalue weighted by Crippen LogP contribution is 2.67. The van der Waals surface area contributed by atoms with Gasteiger partial charge in [0.25, 0.3) is 0 Å². The number of ether oxygens (including phenoxy) is 3. The summed E-state index contributed by atoms with van der Waals surface area (Å²) in [6.07, 6.45) is 4.26. The van der Waals surface area contributed by atoms with Crippen molar-refractivity contribution in [2.75, 3.05) is 20.4 Å². The van der Waals surface area contributed by atoms with Crippen molar-refractivity contribution in [3.05, 3.63) is 52.6 Å². The molecule has 2 aromatic heterocycles. The molecule has 2 aromatic rings. The number of thioether (sulfide) groups is 1. The van der Waals surface area contributed by atoms with E-state index >= 15 is 8.78 Å². The zero-order chi connectivity index (χ0) is 33.4. The van der Waals surface area contributed by atoms with E-state index in [1.807, 2.05) is 0 Å². The van der Waals surface area contributed by atoms with Crippen molar-refractivity contribution in [3.63, 3.8) is 0 Å². The van der Waals surface area contributed by atoms with Crippen molar-refractivity contribution in [1.82, 2.24) is 19.9 Å². The molecule has 45 heavy (non-hydrogen) atoms. The zero-order valence-corrected chi connectivity index (χ0v) is 29.2. The quantitative estimate of drug-likeness (QED) is 0.0913. The van der Waals surface area contributed by atoms with E-state index in [2.05, 4.69) is 34.6 Å². The first kappa shape index (κ1) is 34.9. The number of hydrogen-bond donors (Lipinski definition) is 0. The highest BCUT2D eigenvalue weighted by atomic mass is 35.5. The van der Waals surface area contributed by atoms with Gasteiger partial charge in [-0.1, -0.05) is 43.0 Å². The predicted octanol–water partition coefficient (Wildman–Crippen LogP) is 6.93. The first-order valence-electron chi connectivity index (χ1n) is 14.4. The van der Waals surface area contributed by atoms with Crippen LogP contribution < -0.4 is 0 Å². The molecule has 0 radical (unpaired) electrons. The van der Waals surface area contributed by atoms with E-state index in [0.717, 1.165) is 23.9 Å². The van der Waals surface area contributed by atoms with Crippen LogP contribution in [0.15, 0.2) is 29.6 Å². The average molecular weight is 682 g/mol. The van der Waals surface area contributed by atoms with Crippen LogP contribution in [0, 0.1) is 11.9 Å². The fourth-order valence-corrected chi connectivity index (χ4v) is 7.31. The van der Waals surface area contributed by atoms with Gasteiger partial charge in [0.2, 0.25) is 5.95 Å². The van der Waals surface area contributed by atoms with Crippen LogP contribution in [0.1, 0.15) is 50.9 Å². The molecule has 0 unspecified atom stereocenters. The standard InChI is InChI=1S/C30H38ClF2N5O5SSi/c1-28(2,3)43-27(40)38(17-42-9-10-45(6,7)8)26-37-29(4,22-13-30(22,44-26)25(39)41-5)19-11-18(14-36-24(19)33)12-20(32)21-15-35-23(31)16-34-21/h11-12,14-16,22H,9-10,13,17H2,1-8H3/b20-12-/t22-,29+,30-/m0/s1. The summed E-state index contributed by atoms with van der Waals surface area (Å²) in [5, 5.41) is 0.219. The molecule has 3 atom stereocenters. The lowest BCUT2D eigenvalue weighted by Gasteiger charge is -2.37. The maximum Gasteiger partial charge on any atom is 0.418 e. The number of halogens is 3. The van der Waals surface area contributed by atoms with Crippen LogP contribution >= 0.6 is 23.4 Å². The number of pyridine rings is 1. The molecule has 1 aliphatic heterocycles. The molecule has 0 N–H and O–H groups in total. The van der Waals surface area contributed by atoms with Gasteiger partial charge in [-0.25, -0.2) is 29.0 Å². The van der Waals surface area contributed by atoms with Crippen molar-refractivity contribution in [2.45, 2.75) is 75.7 Å². The number of fused-ring (bicyclic) bond motifs is 1. The molecule has 1 saturated carbocycles. The molecular formula is C30H38ClF2N5O5SSi. The van der Waals surface area contributed by atoms with E-state index in [9.17, 15) is 9.59 Å². The Morgan fingerprint density at radius 2 is 1.91 bits per heavy atom. The van der Waals surface area contributed by atoms with Gasteiger partial charge < -0.3 is 14.2 Å². The summed E-state index contributed by atoms with van der Waals surface area (Å²) >= 11 is 6.83. The van der Waals surface area contributed by atoms with Crippen LogP contribution in [0.4, 0.5) is 13.6 Å². The lowest BCUT2D eigenvalue weighted by Crippen LogP contribution is -2.47. The first-order chi connectivity index (χ1) is 20.9. The van der Waals surface area contributed by atoms with Crippen LogP contribution in [0.2, 0.25) is 30.8 Å². The third kappa shape index (κ3) is 8.08. The highest BCUT2D eigenvalue weighted by Gasteiger charge is 2.72. The Labute approximate surface area is 272 Å².